The third-order valence-electron chi connectivity index (χ3n) is 1.24. The highest BCUT2D eigenvalue weighted by Crippen LogP contribution is 2.21. The molecule has 1 aromatic heterocycles. The van der Waals surface area contributed by atoms with E-state index in [4.69, 9.17) is 4.74 Å². The summed E-state index contributed by atoms with van der Waals surface area (Å²) in [5, 5.41) is 6.40. The van der Waals surface area contributed by atoms with Crippen molar-refractivity contribution in [2.45, 2.75) is 6.92 Å². The minimum atomic E-state index is 0.585. The third-order valence-corrected chi connectivity index (χ3v) is 2.21. The summed E-state index contributed by atoms with van der Waals surface area (Å²) in [6, 6.07) is 2.09. The molecule has 10 heavy (non-hydrogen) atoms. The van der Waals surface area contributed by atoms with Crippen LogP contribution in [0.2, 0.25) is 0 Å². The van der Waals surface area contributed by atoms with Gasteiger partial charge in [-0.05, 0) is 23.9 Å². The molecule has 3 heteroatoms. The Labute approximate surface area is 64.8 Å². The second-order valence-electron chi connectivity index (χ2n) is 2.04. The molecule has 0 bridgehead atoms. The zero-order chi connectivity index (χ0) is 7.40. The van der Waals surface area contributed by atoms with Gasteiger partial charge in [0.15, 0.2) is 0 Å². The Morgan fingerprint density at radius 3 is 3.00 bits per heavy atom. The lowest BCUT2D eigenvalue weighted by molar-refractivity contribution is 0.221. The van der Waals surface area contributed by atoms with Gasteiger partial charge in [0.25, 0.3) is 0 Å². The molecule has 0 unspecified atom stereocenters. The number of anilines is 1. The molecule has 56 valence electrons. The summed E-state index contributed by atoms with van der Waals surface area (Å²) in [4.78, 5) is 0. The molecule has 0 amide bonds. The highest BCUT2D eigenvalue weighted by atomic mass is 32.1. The summed E-state index contributed by atoms with van der Waals surface area (Å²) in [7, 11) is 1.68. The Balaban J connectivity index is 2.49. The monoisotopic (exact) mass is 157 g/mol. The highest BCUT2D eigenvalue weighted by molar-refractivity contribution is 7.14. The summed E-state index contributed by atoms with van der Waals surface area (Å²) >= 11 is 1.70. The molecule has 1 heterocycles. The molecular weight excluding hydrogens is 146 g/mol. The molecule has 0 aliphatic rings. The lowest BCUT2D eigenvalue weighted by atomic mass is 10.4. The van der Waals surface area contributed by atoms with E-state index in [2.05, 4.69) is 23.7 Å². The number of hydrogen-bond acceptors (Lipinski definition) is 3. The van der Waals surface area contributed by atoms with Crippen molar-refractivity contribution in [2.75, 3.05) is 19.2 Å². The van der Waals surface area contributed by atoms with Crippen LogP contribution in [0.25, 0.3) is 0 Å². The van der Waals surface area contributed by atoms with E-state index in [9.17, 15) is 0 Å². The molecule has 1 aromatic rings. The average molecular weight is 157 g/mol. The lowest BCUT2D eigenvalue weighted by Crippen LogP contribution is -2.01. The number of ether oxygens (including phenoxy) is 1. The van der Waals surface area contributed by atoms with E-state index in [1.165, 1.54) is 10.6 Å². The van der Waals surface area contributed by atoms with Gasteiger partial charge in [-0.2, -0.15) is 0 Å². The van der Waals surface area contributed by atoms with Crippen LogP contribution >= 0.6 is 11.3 Å². The van der Waals surface area contributed by atoms with Crippen LogP contribution in [0.1, 0.15) is 5.56 Å². The molecule has 1 N–H and O–H groups in total. The zero-order valence-corrected chi connectivity index (χ0v) is 6.99. The maximum atomic E-state index is 4.87. The molecule has 2 nitrogen and oxygen atoms in total. The molecular formula is C7H11NOS. The predicted molar refractivity (Wildman–Crippen MR) is 44.6 cm³/mol. The van der Waals surface area contributed by atoms with Crippen LogP contribution in [0.15, 0.2) is 11.4 Å². The molecule has 0 saturated heterocycles. The first-order valence-electron chi connectivity index (χ1n) is 3.11. The van der Waals surface area contributed by atoms with Gasteiger partial charge >= 0.3 is 0 Å². The minimum absolute atomic E-state index is 0.585. The van der Waals surface area contributed by atoms with E-state index in [0.29, 0.717) is 6.73 Å². The second-order valence-corrected chi connectivity index (χ2v) is 2.96. The zero-order valence-electron chi connectivity index (χ0n) is 6.18. The van der Waals surface area contributed by atoms with Crippen molar-refractivity contribution >= 4 is 16.3 Å². The number of methoxy groups -OCH3 is 1. The van der Waals surface area contributed by atoms with E-state index < -0.39 is 0 Å². The van der Waals surface area contributed by atoms with Crippen LogP contribution < -0.4 is 5.32 Å². The average Bonchev–Trinajstić information content (AvgIpc) is 2.31. The molecule has 0 aliphatic carbocycles. The van der Waals surface area contributed by atoms with Crippen LogP contribution in [0.4, 0.5) is 5.00 Å². The number of thiophene rings is 1. The summed E-state index contributed by atoms with van der Waals surface area (Å²) in [6.45, 7) is 2.66. The largest absolute Gasteiger partial charge is 0.365 e. The van der Waals surface area contributed by atoms with Crippen molar-refractivity contribution < 1.29 is 4.74 Å². The van der Waals surface area contributed by atoms with Gasteiger partial charge < -0.3 is 10.1 Å². The minimum Gasteiger partial charge on any atom is -0.365 e. The molecule has 0 saturated carbocycles. The molecule has 0 aliphatic heterocycles. The quantitative estimate of drug-likeness (QED) is 0.678. The van der Waals surface area contributed by atoms with E-state index in [-0.39, 0.29) is 0 Å². The maximum absolute atomic E-state index is 4.87. The van der Waals surface area contributed by atoms with Crippen LogP contribution in [-0.2, 0) is 4.74 Å². The van der Waals surface area contributed by atoms with Crippen molar-refractivity contribution in [3.05, 3.63) is 17.0 Å². The van der Waals surface area contributed by atoms with Crippen molar-refractivity contribution in [2.24, 2.45) is 0 Å². The van der Waals surface area contributed by atoms with Crippen molar-refractivity contribution in [1.82, 2.24) is 0 Å². The van der Waals surface area contributed by atoms with Gasteiger partial charge in [0.1, 0.15) is 6.73 Å². The lowest BCUT2D eigenvalue weighted by Gasteiger charge is -2.01. The first-order chi connectivity index (χ1) is 4.84. The van der Waals surface area contributed by atoms with Crippen LogP contribution in [0.3, 0.4) is 0 Å². The van der Waals surface area contributed by atoms with E-state index in [1.54, 1.807) is 18.4 Å². The number of hydrogen-bond donors (Lipinski definition) is 1. The first kappa shape index (κ1) is 7.57. The molecule has 0 spiro atoms. The van der Waals surface area contributed by atoms with Gasteiger partial charge in [0, 0.05) is 7.11 Å². The van der Waals surface area contributed by atoms with Crippen LogP contribution in [0, 0.1) is 6.92 Å². The predicted octanol–water partition coefficient (Wildman–Crippen LogP) is 2.07. The van der Waals surface area contributed by atoms with Crippen LogP contribution in [0.5, 0.6) is 0 Å². The number of aryl methyl sites for hydroxylation is 1. The van der Waals surface area contributed by atoms with Gasteiger partial charge in [-0.1, -0.05) is 0 Å². The fourth-order valence-electron chi connectivity index (χ4n) is 0.692. The third kappa shape index (κ3) is 1.72. The Bertz CT molecular complexity index is 197. The normalized spacial score (nSPS) is 9.80. The molecule has 0 aromatic carbocycles. The van der Waals surface area contributed by atoms with Gasteiger partial charge in [0.2, 0.25) is 0 Å². The summed E-state index contributed by atoms with van der Waals surface area (Å²) in [5.74, 6) is 0. The van der Waals surface area contributed by atoms with Crippen molar-refractivity contribution in [1.29, 1.82) is 0 Å². The fourth-order valence-corrected chi connectivity index (χ4v) is 1.50. The maximum Gasteiger partial charge on any atom is 0.116 e. The molecule has 0 atom stereocenters. The van der Waals surface area contributed by atoms with Gasteiger partial charge in [-0.15, -0.1) is 11.3 Å². The standard InChI is InChI=1S/C7H11NOS/c1-6-3-4-10-7(6)8-5-9-2/h3-4,8H,5H2,1-2H3. The van der Waals surface area contributed by atoms with Gasteiger partial charge in [-0.3, -0.25) is 0 Å². The Hall–Kier alpha value is -0.540. The number of rotatable bonds is 3. The van der Waals surface area contributed by atoms with Gasteiger partial charge in [0.05, 0.1) is 5.00 Å². The summed E-state index contributed by atoms with van der Waals surface area (Å²) < 4.78 is 4.87. The highest BCUT2D eigenvalue weighted by Gasteiger charge is 1.95. The summed E-state index contributed by atoms with van der Waals surface area (Å²) in [6.07, 6.45) is 0. The first-order valence-corrected chi connectivity index (χ1v) is 3.99. The van der Waals surface area contributed by atoms with E-state index in [1.807, 2.05) is 0 Å². The smallest absolute Gasteiger partial charge is 0.116 e. The van der Waals surface area contributed by atoms with E-state index in [0.717, 1.165) is 0 Å². The Morgan fingerprint density at radius 1 is 1.70 bits per heavy atom. The SMILES string of the molecule is COCNc1sccc1C. The Morgan fingerprint density at radius 2 is 2.50 bits per heavy atom. The molecule has 0 radical (unpaired) electrons. The summed E-state index contributed by atoms with van der Waals surface area (Å²) in [5.41, 5.74) is 1.28. The molecule has 0 fully saturated rings. The Kier molecular flexibility index (Phi) is 2.71. The second kappa shape index (κ2) is 3.58. The fraction of sp³-hybridized carbons (Fsp3) is 0.429. The topological polar surface area (TPSA) is 21.3 Å². The van der Waals surface area contributed by atoms with Crippen molar-refractivity contribution in [3.8, 4) is 0 Å². The van der Waals surface area contributed by atoms with Crippen LogP contribution in [-0.4, -0.2) is 13.8 Å². The van der Waals surface area contributed by atoms with Gasteiger partial charge in [-0.25, -0.2) is 0 Å². The number of nitrogens with one attached hydrogen (secondary N) is 1. The van der Waals surface area contributed by atoms with Crippen molar-refractivity contribution in [3.63, 3.8) is 0 Å². The van der Waals surface area contributed by atoms with E-state index >= 15 is 0 Å². The molecule has 1 rings (SSSR count).